The minimum Gasteiger partial charge on any atom is -0.487 e. The summed E-state index contributed by atoms with van der Waals surface area (Å²) in [5.41, 5.74) is 4.89. The van der Waals surface area contributed by atoms with Gasteiger partial charge in [-0.05, 0) is 55.0 Å². The number of anilines is 1. The number of benzene rings is 1. The number of hydrogen-bond donors (Lipinski definition) is 1. The highest BCUT2D eigenvalue weighted by Crippen LogP contribution is 2.39. The highest BCUT2D eigenvalue weighted by atomic mass is 19.1. The number of carboxylic acids is 1. The predicted octanol–water partition coefficient (Wildman–Crippen LogP) is 5.42. The van der Waals surface area contributed by atoms with Crippen molar-refractivity contribution in [3.8, 4) is 17.0 Å². The fraction of sp³-hybridized carbons (Fsp3) is 0.370. The first-order chi connectivity index (χ1) is 16.2. The van der Waals surface area contributed by atoms with E-state index in [4.69, 9.17) is 4.74 Å². The fourth-order valence-corrected chi connectivity index (χ4v) is 4.30. The van der Waals surface area contributed by atoms with Crippen LogP contribution in [0.15, 0.2) is 48.8 Å². The molecule has 1 aliphatic rings. The van der Waals surface area contributed by atoms with E-state index in [-0.39, 0.29) is 24.3 Å². The lowest BCUT2D eigenvalue weighted by Gasteiger charge is -2.40. The van der Waals surface area contributed by atoms with Crippen LogP contribution in [0.2, 0.25) is 0 Å². The van der Waals surface area contributed by atoms with Crippen molar-refractivity contribution in [1.29, 1.82) is 0 Å². The van der Waals surface area contributed by atoms with Gasteiger partial charge in [0.2, 0.25) is 0 Å². The highest BCUT2D eigenvalue weighted by Gasteiger charge is 2.29. The summed E-state index contributed by atoms with van der Waals surface area (Å²) in [6, 6.07) is 9.97. The standard InChI is InChI=1S/C27H30FN3O3/c1-18-22(14-25(32)33)26(31-11-9-27(2,3)10-12-31)23(16-29-18)24-8-7-21(15-30-24)34-17-19-5-4-6-20(28)13-19/h4-8,13,15-16H,9-12,14,17H2,1-3H3,(H,32,33). The molecule has 0 amide bonds. The lowest BCUT2D eigenvalue weighted by Crippen LogP contribution is -2.38. The molecule has 1 saturated heterocycles. The molecule has 2 aromatic heterocycles. The number of aromatic nitrogens is 2. The molecule has 34 heavy (non-hydrogen) atoms. The maximum Gasteiger partial charge on any atom is 0.307 e. The first-order valence-corrected chi connectivity index (χ1v) is 11.5. The van der Waals surface area contributed by atoms with E-state index < -0.39 is 5.97 Å². The quantitative estimate of drug-likeness (QED) is 0.504. The van der Waals surface area contributed by atoms with Gasteiger partial charge in [-0.3, -0.25) is 14.8 Å². The van der Waals surface area contributed by atoms with Gasteiger partial charge in [-0.15, -0.1) is 0 Å². The van der Waals surface area contributed by atoms with Crippen molar-refractivity contribution < 1.29 is 19.0 Å². The molecule has 1 fully saturated rings. The van der Waals surface area contributed by atoms with E-state index in [2.05, 4.69) is 28.7 Å². The Morgan fingerprint density at radius 1 is 1.15 bits per heavy atom. The topological polar surface area (TPSA) is 75.6 Å². The molecule has 178 valence electrons. The number of rotatable bonds is 7. The van der Waals surface area contributed by atoms with Crippen molar-refractivity contribution in [2.45, 2.75) is 46.6 Å². The lowest BCUT2D eigenvalue weighted by molar-refractivity contribution is -0.136. The zero-order valence-electron chi connectivity index (χ0n) is 19.8. The lowest BCUT2D eigenvalue weighted by atomic mass is 9.82. The first kappa shape index (κ1) is 23.7. The van der Waals surface area contributed by atoms with Gasteiger partial charge in [0, 0.05) is 36.1 Å². The smallest absolute Gasteiger partial charge is 0.307 e. The van der Waals surface area contributed by atoms with Crippen molar-refractivity contribution in [1.82, 2.24) is 9.97 Å². The monoisotopic (exact) mass is 463 g/mol. The average Bonchev–Trinajstić information content (AvgIpc) is 2.79. The van der Waals surface area contributed by atoms with Gasteiger partial charge in [-0.2, -0.15) is 0 Å². The van der Waals surface area contributed by atoms with Crippen molar-refractivity contribution in [2.24, 2.45) is 5.41 Å². The molecule has 6 nitrogen and oxygen atoms in total. The summed E-state index contributed by atoms with van der Waals surface area (Å²) >= 11 is 0. The Morgan fingerprint density at radius 3 is 2.56 bits per heavy atom. The number of ether oxygens (including phenoxy) is 1. The largest absolute Gasteiger partial charge is 0.487 e. The molecule has 0 saturated carbocycles. The van der Waals surface area contributed by atoms with E-state index in [0.29, 0.717) is 11.4 Å². The van der Waals surface area contributed by atoms with Crippen LogP contribution < -0.4 is 9.64 Å². The van der Waals surface area contributed by atoms with Gasteiger partial charge in [-0.1, -0.05) is 26.0 Å². The Morgan fingerprint density at radius 2 is 1.91 bits per heavy atom. The molecule has 7 heteroatoms. The molecular formula is C27H30FN3O3. The van der Waals surface area contributed by atoms with Gasteiger partial charge < -0.3 is 14.7 Å². The molecule has 1 N–H and O–H groups in total. The van der Waals surface area contributed by atoms with E-state index in [1.165, 1.54) is 12.1 Å². The first-order valence-electron chi connectivity index (χ1n) is 11.5. The van der Waals surface area contributed by atoms with Gasteiger partial charge in [-0.25, -0.2) is 4.39 Å². The fourth-order valence-electron chi connectivity index (χ4n) is 4.30. The van der Waals surface area contributed by atoms with Gasteiger partial charge in [0.25, 0.3) is 0 Å². The van der Waals surface area contributed by atoms with Gasteiger partial charge in [0.1, 0.15) is 18.2 Å². The molecule has 4 rings (SSSR count). The number of aliphatic carboxylic acids is 1. The van der Waals surface area contributed by atoms with Crippen molar-refractivity contribution in [2.75, 3.05) is 18.0 Å². The number of aryl methyl sites for hydroxylation is 1. The molecular weight excluding hydrogens is 433 g/mol. The van der Waals surface area contributed by atoms with Crippen LogP contribution in [0.25, 0.3) is 11.3 Å². The maximum atomic E-state index is 13.4. The second kappa shape index (κ2) is 9.79. The Balaban J connectivity index is 1.63. The number of hydrogen-bond acceptors (Lipinski definition) is 5. The second-order valence-electron chi connectivity index (χ2n) is 9.60. The summed E-state index contributed by atoms with van der Waals surface area (Å²) in [6.45, 7) is 8.34. The predicted molar refractivity (Wildman–Crippen MR) is 130 cm³/mol. The second-order valence-corrected chi connectivity index (χ2v) is 9.60. The van der Waals surface area contributed by atoms with Crippen LogP contribution in [0.1, 0.15) is 43.5 Å². The van der Waals surface area contributed by atoms with E-state index in [1.54, 1.807) is 24.5 Å². The third-order valence-corrected chi connectivity index (χ3v) is 6.43. The summed E-state index contributed by atoms with van der Waals surface area (Å²) in [7, 11) is 0. The summed E-state index contributed by atoms with van der Waals surface area (Å²) in [5, 5.41) is 9.56. The Bertz CT molecular complexity index is 1170. The number of carbonyl (C=O) groups is 1. The number of carboxylic acid groups (broad SMARTS) is 1. The van der Waals surface area contributed by atoms with Crippen LogP contribution in [0.3, 0.4) is 0 Å². The van der Waals surface area contributed by atoms with E-state index in [0.717, 1.165) is 54.0 Å². The van der Waals surface area contributed by atoms with Crippen LogP contribution in [-0.2, 0) is 17.8 Å². The van der Waals surface area contributed by atoms with Crippen molar-refractivity contribution >= 4 is 11.7 Å². The molecule has 3 heterocycles. The van der Waals surface area contributed by atoms with Crippen LogP contribution >= 0.6 is 0 Å². The molecule has 1 aromatic carbocycles. The summed E-state index contributed by atoms with van der Waals surface area (Å²) in [4.78, 5) is 23.0. The van der Waals surface area contributed by atoms with Crippen LogP contribution in [0.4, 0.5) is 10.1 Å². The van der Waals surface area contributed by atoms with Gasteiger partial charge in [0.05, 0.1) is 24.0 Å². The van der Waals surface area contributed by atoms with Crippen LogP contribution in [0.5, 0.6) is 5.75 Å². The zero-order valence-corrected chi connectivity index (χ0v) is 19.8. The molecule has 0 spiro atoms. The number of nitrogens with zero attached hydrogens (tertiary/aromatic N) is 3. The molecule has 3 aromatic rings. The van der Waals surface area contributed by atoms with Crippen molar-refractivity contribution in [3.05, 3.63) is 71.4 Å². The summed E-state index contributed by atoms with van der Waals surface area (Å²) < 4.78 is 19.2. The molecule has 0 aliphatic carbocycles. The van der Waals surface area contributed by atoms with Crippen LogP contribution in [-0.4, -0.2) is 34.1 Å². The molecule has 0 bridgehead atoms. The normalized spacial score (nSPS) is 15.2. The Labute approximate surface area is 199 Å². The third-order valence-electron chi connectivity index (χ3n) is 6.43. The minimum atomic E-state index is -0.880. The Hall–Kier alpha value is -3.48. The van der Waals surface area contributed by atoms with Crippen LogP contribution in [0, 0.1) is 18.2 Å². The van der Waals surface area contributed by atoms with Gasteiger partial charge >= 0.3 is 5.97 Å². The maximum absolute atomic E-state index is 13.4. The van der Waals surface area contributed by atoms with E-state index >= 15 is 0 Å². The molecule has 0 unspecified atom stereocenters. The molecule has 1 aliphatic heterocycles. The SMILES string of the molecule is Cc1ncc(-c2ccc(OCc3cccc(F)c3)cn2)c(N2CCC(C)(C)CC2)c1CC(=O)O. The summed E-state index contributed by atoms with van der Waals surface area (Å²) in [6.07, 6.45) is 5.39. The number of halogens is 1. The summed E-state index contributed by atoms with van der Waals surface area (Å²) in [5.74, 6) is -0.609. The minimum absolute atomic E-state index is 0.0866. The molecule has 0 atom stereocenters. The van der Waals surface area contributed by atoms with E-state index in [9.17, 15) is 14.3 Å². The van der Waals surface area contributed by atoms with E-state index in [1.807, 2.05) is 19.1 Å². The molecule has 0 radical (unpaired) electrons. The Kier molecular flexibility index (Phi) is 6.82. The number of pyridine rings is 2. The highest BCUT2D eigenvalue weighted by molar-refractivity contribution is 5.83. The van der Waals surface area contributed by atoms with Gasteiger partial charge in [0.15, 0.2) is 0 Å². The van der Waals surface area contributed by atoms with Crippen molar-refractivity contribution in [3.63, 3.8) is 0 Å². The third kappa shape index (κ3) is 5.53. The zero-order chi connectivity index (χ0) is 24.3. The average molecular weight is 464 g/mol. The number of piperidine rings is 1.